The molecule has 6 heteroatoms. The molecule has 23 heavy (non-hydrogen) atoms. The van der Waals surface area contributed by atoms with Crippen LogP contribution in [-0.4, -0.2) is 20.5 Å². The van der Waals surface area contributed by atoms with Gasteiger partial charge in [-0.3, -0.25) is 4.40 Å². The van der Waals surface area contributed by atoms with E-state index in [4.69, 9.17) is 0 Å². The van der Waals surface area contributed by atoms with Gasteiger partial charge in [0.1, 0.15) is 10.7 Å². The number of halogens is 1. The molecule has 0 spiro atoms. The molecule has 1 N–H and O–H groups in total. The third-order valence-electron chi connectivity index (χ3n) is 3.80. The van der Waals surface area contributed by atoms with Crippen LogP contribution >= 0.6 is 11.3 Å². The standard InChI is InChI=1S/C17H17FN2O2S/c1-3-5-13-15(16(21)22)23-17-19-14(12(4-2)20(13)17)10-6-8-11(18)9-7-10/h6-9H,3-5H2,1-2H3,(H,21,22). The van der Waals surface area contributed by atoms with Gasteiger partial charge >= 0.3 is 5.97 Å². The molecule has 0 amide bonds. The second-order valence-electron chi connectivity index (χ2n) is 5.32. The van der Waals surface area contributed by atoms with Crippen LogP contribution in [0.2, 0.25) is 0 Å². The van der Waals surface area contributed by atoms with Crippen molar-refractivity contribution in [2.24, 2.45) is 0 Å². The van der Waals surface area contributed by atoms with Gasteiger partial charge in [0.05, 0.1) is 11.4 Å². The number of aromatic carboxylic acids is 1. The number of hydrogen-bond donors (Lipinski definition) is 1. The summed E-state index contributed by atoms with van der Waals surface area (Å²) < 4.78 is 15.1. The highest BCUT2D eigenvalue weighted by atomic mass is 32.1. The Morgan fingerprint density at radius 2 is 1.96 bits per heavy atom. The zero-order valence-electron chi connectivity index (χ0n) is 13.0. The van der Waals surface area contributed by atoms with E-state index in [1.807, 2.05) is 18.2 Å². The Labute approximate surface area is 137 Å². The lowest BCUT2D eigenvalue weighted by Gasteiger charge is -2.06. The van der Waals surface area contributed by atoms with Crippen LogP contribution in [0.3, 0.4) is 0 Å². The summed E-state index contributed by atoms with van der Waals surface area (Å²) in [4.78, 5) is 17.1. The van der Waals surface area contributed by atoms with Gasteiger partial charge in [0.2, 0.25) is 0 Å². The first-order valence-electron chi connectivity index (χ1n) is 7.59. The van der Waals surface area contributed by atoms with Gasteiger partial charge in [-0.15, -0.1) is 0 Å². The SMILES string of the molecule is CCCc1c(C(=O)O)sc2nc(-c3ccc(F)cc3)c(CC)n12. The van der Waals surface area contributed by atoms with Gasteiger partial charge in [-0.25, -0.2) is 14.2 Å². The van der Waals surface area contributed by atoms with Crippen LogP contribution in [0.4, 0.5) is 4.39 Å². The van der Waals surface area contributed by atoms with Crippen molar-refractivity contribution in [1.82, 2.24) is 9.38 Å². The molecule has 0 radical (unpaired) electrons. The van der Waals surface area contributed by atoms with Gasteiger partial charge in [0.15, 0.2) is 4.96 Å². The number of aryl methyl sites for hydroxylation is 2. The van der Waals surface area contributed by atoms with E-state index in [1.54, 1.807) is 12.1 Å². The molecular weight excluding hydrogens is 315 g/mol. The molecule has 3 aromatic rings. The summed E-state index contributed by atoms with van der Waals surface area (Å²) in [7, 11) is 0. The van der Waals surface area contributed by atoms with Crippen molar-refractivity contribution in [3.63, 3.8) is 0 Å². The van der Waals surface area contributed by atoms with Gasteiger partial charge in [-0.05, 0) is 37.1 Å². The highest BCUT2D eigenvalue weighted by Crippen LogP contribution is 2.32. The molecule has 0 saturated carbocycles. The summed E-state index contributed by atoms with van der Waals surface area (Å²) in [5, 5.41) is 9.42. The first kappa shape index (κ1) is 15.7. The van der Waals surface area contributed by atoms with E-state index in [0.29, 0.717) is 16.3 Å². The Morgan fingerprint density at radius 1 is 1.26 bits per heavy atom. The lowest BCUT2D eigenvalue weighted by molar-refractivity contribution is 0.0700. The number of hydrogen-bond acceptors (Lipinski definition) is 3. The van der Waals surface area contributed by atoms with Gasteiger partial charge in [-0.1, -0.05) is 31.6 Å². The molecule has 0 bridgehead atoms. The van der Waals surface area contributed by atoms with Crippen molar-refractivity contribution in [2.75, 3.05) is 0 Å². The van der Waals surface area contributed by atoms with E-state index in [9.17, 15) is 14.3 Å². The zero-order chi connectivity index (χ0) is 16.6. The van der Waals surface area contributed by atoms with Crippen LogP contribution in [0.1, 0.15) is 41.3 Å². The maximum Gasteiger partial charge on any atom is 0.347 e. The van der Waals surface area contributed by atoms with Crippen LogP contribution in [0, 0.1) is 5.82 Å². The molecule has 0 unspecified atom stereocenters. The number of carboxylic acids is 1. The Kier molecular flexibility index (Phi) is 4.17. The Morgan fingerprint density at radius 3 is 2.52 bits per heavy atom. The first-order valence-corrected chi connectivity index (χ1v) is 8.40. The third-order valence-corrected chi connectivity index (χ3v) is 4.87. The number of rotatable bonds is 5. The molecule has 2 heterocycles. The van der Waals surface area contributed by atoms with E-state index in [0.717, 1.165) is 35.5 Å². The van der Waals surface area contributed by atoms with Crippen molar-refractivity contribution in [1.29, 1.82) is 0 Å². The lowest BCUT2D eigenvalue weighted by Crippen LogP contribution is -2.04. The topological polar surface area (TPSA) is 54.6 Å². The average Bonchev–Trinajstić information content (AvgIpc) is 3.05. The Balaban J connectivity index is 2.26. The van der Waals surface area contributed by atoms with Gasteiger partial charge < -0.3 is 5.11 Å². The summed E-state index contributed by atoms with van der Waals surface area (Å²) in [5.74, 6) is -1.19. The smallest absolute Gasteiger partial charge is 0.347 e. The van der Waals surface area contributed by atoms with Crippen molar-refractivity contribution in [2.45, 2.75) is 33.1 Å². The quantitative estimate of drug-likeness (QED) is 0.753. The summed E-state index contributed by atoms with van der Waals surface area (Å²) in [6.45, 7) is 4.04. The molecule has 0 atom stereocenters. The number of aromatic nitrogens is 2. The van der Waals surface area contributed by atoms with Crippen LogP contribution in [-0.2, 0) is 12.8 Å². The van der Waals surface area contributed by atoms with Crippen LogP contribution in [0.15, 0.2) is 24.3 Å². The molecule has 0 aliphatic carbocycles. The number of benzene rings is 1. The van der Waals surface area contributed by atoms with Gasteiger partial charge in [-0.2, -0.15) is 0 Å². The molecule has 120 valence electrons. The Hall–Kier alpha value is -2.21. The predicted octanol–water partition coefficient (Wildman–Crippen LogP) is 4.42. The fraction of sp³-hybridized carbons (Fsp3) is 0.294. The summed E-state index contributed by atoms with van der Waals surface area (Å²) in [6.07, 6.45) is 2.27. The molecule has 0 fully saturated rings. The number of carboxylic acid groups (broad SMARTS) is 1. The number of imidazole rings is 1. The van der Waals surface area contributed by atoms with E-state index in [2.05, 4.69) is 4.98 Å². The number of thiazole rings is 1. The summed E-state index contributed by atoms with van der Waals surface area (Å²) in [5.41, 5.74) is 3.42. The minimum absolute atomic E-state index is 0.285. The number of carbonyl (C=O) groups is 1. The second kappa shape index (κ2) is 6.12. The summed E-state index contributed by atoms with van der Waals surface area (Å²) in [6, 6.07) is 6.24. The van der Waals surface area contributed by atoms with Gasteiger partial charge in [0, 0.05) is 11.3 Å². The number of nitrogens with zero attached hydrogens (tertiary/aromatic N) is 2. The fourth-order valence-electron chi connectivity index (χ4n) is 2.82. The molecule has 1 aromatic carbocycles. The second-order valence-corrected chi connectivity index (χ2v) is 6.30. The molecule has 4 nitrogen and oxygen atoms in total. The number of fused-ring (bicyclic) bond motifs is 1. The van der Waals surface area contributed by atoms with E-state index < -0.39 is 5.97 Å². The highest BCUT2D eigenvalue weighted by Gasteiger charge is 2.23. The van der Waals surface area contributed by atoms with Crippen LogP contribution < -0.4 is 0 Å². The maximum absolute atomic E-state index is 13.1. The molecular formula is C17H17FN2O2S. The molecule has 3 rings (SSSR count). The first-order chi connectivity index (χ1) is 11.1. The summed E-state index contributed by atoms with van der Waals surface area (Å²) >= 11 is 1.20. The largest absolute Gasteiger partial charge is 0.477 e. The monoisotopic (exact) mass is 332 g/mol. The molecule has 0 aliphatic heterocycles. The van der Waals surface area contributed by atoms with E-state index in [-0.39, 0.29) is 5.82 Å². The normalized spacial score (nSPS) is 11.3. The van der Waals surface area contributed by atoms with Crippen LogP contribution in [0.5, 0.6) is 0 Å². The van der Waals surface area contributed by atoms with Crippen molar-refractivity contribution in [3.05, 3.63) is 46.3 Å². The maximum atomic E-state index is 13.1. The van der Waals surface area contributed by atoms with Gasteiger partial charge in [0.25, 0.3) is 0 Å². The van der Waals surface area contributed by atoms with E-state index >= 15 is 0 Å². The minimum Gasteiger partial charge on any atom is -0.477 e. The molecule has 0 aliphatic rings. The molecule has 0 saturated heterocycles. The van der Waals surface area contributed by atoms with Crippen LogP contribution in [0.25, 0.3) is 16.2 Å². The van der Waals surface area contributed by atoms with Crippen molar-refractivity contribution >= 4 is 22.3 Å². The van der Waals surface area contributed by atoms with E-state index in [1.165, 1.54) is 23.5 Å². The minimum atomic E-state index is -0.908. The van der Waals surface area contributed by atoms with Crippen molar-refractivity contribution < 1.29 is 14.3 Å². The average molecular weight is 332 g/mol. The lowest BCUT2D eigenvalue weighted by atomic mass is 10.1. The van der Waals surface area contributed by atoms with Crippen molar-refractivity contribution in [3.8, 4) is 11.3 Å². The fourth-order valence-corrected chi connectivity index (χ4v) is 3.85. The molecule has 2 aromatic heterocycles. The highest BCUT2D eigenvalue weighted by molar-refractivity contribution is 7.19. The predicted molar refractivity (Wildman–Crippen MR) is 88.8 cm³/mol. The Bertz CT molecular complexity index is 865. The third kappa shape index (κ3) is 2.63. The zero-order valence-corrected chi connectivity index (χ0v) is 13.8.